The smallest absolute Gasteiger partial charge is 0.263 e. The highest BCUT2D eigenvalue weighted by Gasteiger charge is 2.17. The van der Waals surface area contributed by atoms with E-state index in [9.17, 15) is 10.1 Å². The van der Waals surface area contributed by atoms with Crippen molar-refractivity contribution in [2.24, 2.45) is 0 Å². The van der Waals surface area contributed by atoms with Crippen molar-refractivity contribution in [1.29, 1.82) is 5.26 Å². The molecule has 1 amide bonds. The van der Waals surface area contributed by atoms with Gasteiger partial charge in [-0.25, -0.2) is 0 Å². The van der Waals surface area contributed by atoms with E-state index in [1.165, 1.54) is 17.3 Å². The van der Waals surface area contributed by atoms with Crippen LogP contribution in [0.5, 0.6) is 0 Å². The largest absolute Gasteiger partial charge is 0.360 e. The number of aryl methyl sites for hydroxylation is 2. The zero-order valence-electron chi connectivity index (χ0n) is 14.1. The van der Waals surface area contributed by atoms with Gasteiger partial charge in [-0.2, -0.15) is 5.26 Å². The van der Waals surface area contributed by atoms with Gasteiger partial charge in [0.1, 0.15) is 11.6 Å². The van der Waals surface area contributed by atoms with Crippen LogP contribution in [0, 0.1) is 11.3 Å². The molecule has 1 aromatic carbocycles. The highest BCUT2D eigenvalue weighted by atomic mass is 16.1. The second-order valence-corrected chi connectivity index (χ2v) is 6.18. The summed E-state index contributed by atoms with van der Waals surface area (Å²) in [5, 5.41) is 15.2. The van der Waals surface area contributed by atoms with E-state index in [0.29, 0.717) is 0 Å². The standard InChI is InChI=1S/C18H25N3O/c1-6-13-9-8-10-14(7-2)16(13)20-12-15(11-19)17(22)21-18(3,4)5/h8-10,12,20H,6-7H2,1-5H3,(H,21,22)/b15-12-. The minimum atomic E-state index is -0.372. The van der Waals surface area contributed by atoms with Gasteiger partial charge in [0.2, 0.25) is 0 Å². The van der Waals surface area contributed by atoms with E-state index in [1.807, 2.05) is 32.9 Å². The van der Waals surface area contributed by atoms with Crippen LogP contribution in [-0.2, 0) is 17.6 Å². The number of carbonyl (C=O) groups excluding carboxylic acids is 1. The molecule has 0 spiro atoms. The molecule has 0 unspecified atom stereocenters. The molecule has 0 fully saturated rings. The minimum Gasteiger partial charge on any atom is -0.360 e. The number of nitrogens with zero attached hydrogens (tertiary/aromatic N) is 1. The fourth-order valence-electron chi connectivity index (χ4n) is 2.13. The van der Waals surface area contributed by atoms with Crippen LogP contribution in [0.15, 0.2) is 30.0 Å². The molecule has 4 nitrogen and oxygen atoms in total. The van der Waals surface area contributed by atoms with E-state index < -0.39 is 0 Å². The molecule has 4 heteroatoms. The van der Waals surface area contributed by atoms with Crippen molar-refractivity contribution in [3.05, 3.63) is 41.1 Å². The molecule has 0 saturated carbocycles. The SMILES string of the molecule is CCc1cccc(CC)c1N/C=C(/C#N)C(=O)NC(C)(C)C. The van der Waals surface area contributed by atoms with Gasteiger partial charge in [0.15, 0.2) is 0 Å². The van der Waals surface area contributed by atoms with E-state index in [2.05, 4.69) is 36.6 Å². The fraction of sp³-hybridized carbons (Fsp3) is 0.444. The van der Waals surface area contributed by atoms with Crippen LogP contribution in [0.25, 0.3) is 0 Å². The first-order valence-electron chi connectivity index (χ1n) is 7.62. The molecular weight excluding hydrogens is 274 g/mol. The second kappa shape index (κ2) is 7.65. The molecule has 0 aliphatic carbocycles. The fourth-order valence-corrected chi connectivity index (χ4v) is 2.13. The number of hydrogen-bond acceptors (Lipinski definition) is 3. The molecule has 22 heavy (non-hydrogen) atoms. The van der Waals surface area contributed by atoms with Crippen molar-refractivity contribution in [3.8, 4) is 6.07 Å². The minimum absolute atomic E-state index is 0.0721. The highest BCUT2D eigenvalue weighted by molar-refractivity contribution is 5.98. The maximum absolute atomic E-state index is 12.1. The van der Waals surface area contributed by atoms with Crippen LogP contribution < -0.4 is 10.6 Å². The van der Waals surface area contributed by atoms with Crippen molar-refractivity contribution in [2.75, 3.05) is 5.32 Å². The Bertz CT molecular complexity index is 581. The summed E-state index contributed by atoms with van der Waals surface area (Å²) in [5.41, 5.74) is 3.03. The lowest BCUT2D eigenvalue weighted by molar-refractivity contribution is -0.118. The third-order valence-electron chi connectivity index (χ3n) is 3.21. The quantitative estimate of drug-likeness (QED) is 0.645. The number of nitriles is 1. The van der Waals surface area contributed by atoms with E-state index in [-0.39, 0.29) is 17.0 Å². The zero-order valence-corrected chi connectivity index (χ0v) is 14.1. The average Bonchev–Trinajstić information content (AvgIpc) is 2.45. The summed E-state index contributed by atoms with van der Waals surface area (Å²) in [5.74, 6) is -0.366. The first kappa shape index (κ1) is 17.8. The van der Waals surface area contributed by atoms with Crippen LogP contribution in [0.2, 0.25) is 0 Å². The number of anilines is 1. The van der Waals surface area contributed by atoms with Gasteiger partial charge in [0.25, 0.3) is 5.91 Å². The Morgan fingerprint density at radius 2 is 1.77 bits per heavy atom. The van der Waals surface area contributed by atoms with Crippen LogP contribution >= 0.6 is 0 Å². The predicted octanol–water partition coefficient (Wildman–Crippen LogP) is 3.55. The number of hydrogen-bond donors (Lipinski definition) is 2. The molecule has 0 aliphatic rings. The molecule has 0 radical (unpaired) electrons. The Kier molecular flexibility index (Phi) is 6.18. The summed E-state index contributed by atoms with van der Waals surface area (Å²) in [6.07, 6.45) is 3.27. The normalized spacial score (nSPS) is 11.7. The maximum atomic E-state index is 12.1. The molecule has 0 aromatic heterocycles. The van der Waals surface area contributed by atoms with Crippen molar-refractivity contribution in [2.45, 2.75) is 53.0 Å². The number of para-hydroxylation sites is 1. The summed E-state index contributed by atoms with van der Waals surface area (Å²) in [7, 11) is 0. The highest BCUT2D eigenvalue weighted by Crippen LogP contribution is 2.22. The summed E-state index contributed by atoms with van der Waals surface area (Å²) in [4.78, 5) is 12.1. The van der Waals surface area contributed by atoms with E-state index in [4.69, 9.17) is 0 Å². The van der Waals surface area contributed by atoms with Gasteiger partial charge in [0, 0.05) is 17.4 Å². The lowest BCUT2D eigenvalue weighted by Crippen LogP contribution is -2.41. The van der Waals surface area contributed by atoms with Gasteiger partial charge in [-0.05, 0) is 44.7 Å². The van der Waals surface area contributed by atoms with Gasteiger partial charge in [-0.1, -0.05) is 32.0 Å². The Balaban J connectivity index is 3.04. The van der Waals surface area contributed by atoms with Gasteiger partial charge < -0.3 is 10.6 Å². The number of benzene rings is 1. The van der Waals surface area contributed by atoms with Crippen molar-refractivity contribution in [3.63, 3.8) is 0 Å². The van der Waals surface area contributed by atoms with Crippen molar-refractivity contribution in [1.82, 2.24) is 5.32 Å². The molecule has 118 valence electrons. The topological polar surface area (TPSA) is 64.9 Å². The van der Waals surface area contributed by atoms with Gasteiger partial charge in [-0.3, -0.25) is 4.79 Å². The third kappa shape index (κ3) is 4.92. The lowest BCUT2D eigenvalue weighted by Gasteiger charge is -2.20. The number of rotatable bonds is 5. The second-order valence-electron chi connectivity index (χ2n) is 6.18. The molecule has 0 bridgehead atoms. The average molecular weight is 299 g/mol. The Morgan fingerprint density at radius 3 is 2.18 bits per heavy atom. The number of nitrogens with one attached hydrogen (secondary N) is 2. The first-order chi connectivity index (χ1) is 10.3. The van der Waals surface area contributed by atoms with Gasteiger partial charge >= 0.3 is 0 Å². The predicted molar refractivity (Wildman–Crippen MR) is 90.4 cm³/mol. The maximum Gasteiger partial charge on any atom is 0.263 e. The Hall–Kier alpha value is -2.28. The van der Waals surface area contributed by atoms with Crippen molar-refractivity contribution >= 4 is 11.6 Å². The van der Waals surface area contributed by atoms with Crippen molar-refractivity contribution < 1.29 is 4.79 Å². The molecule has 0 atom stereocenters. The zero-order chi connectivity index (χ0) is 16.8. The van der Waals surface area contributed by atoms with Gasteiger partial charge in [-0.15, -0.1) is 0 Å². The molecule has 0 saturated heterocycles. The van der Waals surface area contributed by atoms with Crippen LogP contribution in [0.1, 0.15) is 45.7 Å². The summed E-state index contributed by atoms with van der Waals surface area (Å²) in [6, 6.07) is 8.09. The van der Waals surface area contributed by atoms with E-state index >= 15 is 0 Å². The first-order valence-corrected chi connectivity index (χ1v) is 7.62. The summed E-state index contributed by atoms with van der Waals surface area (Å²) >= 11 is 0. The van der Waals surface area contributed by atoms with Crippen LogP contribution in [-0.4, -0.2) is 11.4 Å². The number of carbonyl (C=O) groups is 1. The van der Waals surface area contributed by atoms with E-state index in [1.54, 1.807) is 0 Å². The molecule has 2 N–H and O–H groups in total. The monoisotopic (exact) mass is 299 g/mol. The lowest BCUT2D eigenvalue weighted by atomic mass is 10.0. The summed E-state index contributed by atoms with van der Waals surface area (Å²) < 4.78 is 0. The number of amides is 1. The van der Waals surface area contributed by atoms with E-state index in [0.717, 1.165) is 18.5 Å². The molecular formula is C18H25N3O. The van der Waals surface area contributed by atoms with Crippen LogP contribution in [0.4, 0.5) is 5.69 Å². The Labute approximate surface area is 133 Å². The van der Waals surface area contributed by atoms with Crippen LogP contribution in [0.3, 0.4) is 0 Å². The third-order valence-corrected chi connectivity index (χ3v) is 3.21. The molecule has 1 aromatic rings. The van der Waals surface area contributed by atoms with Gasteiger partial charge in [0.05, 0.1) is 0 Å². The molecule has 0 aliphatic heterocycles. The molecule has 1 rings (SSSR count). The Morgan fingerprint density at radius 1 is 1.23 bits per heavy atom. The summed E-state index contributed by atoms with van der Waals surface area (Å²) in [6.45, 7) is 9.82. The molecule has 0 heterocycles.